The lowest BCUT2D eigenvalue weighted by atomic mass is 10.00. The van der Waals surface area contributed by atoms with Gasteiger partial charge in [0.15, 0.2) is 11.5 Å². The van der Waals surface area contributed by atoms with Gasteiger partial charge in [-0.2, -0.15) is 0 Å². The summed E-state index contributed by atoms with van der Waals surface area (Å²) < 4.78 is 37.3. The average molecular weight is 385 g/mol. The predicted molar refractivity (Wildman–Crippen MR) is 98.0 cm³/mol. The van der Waals surface area contributed by atoms with Crippen LogP contribution < -0.4 is 24.8 Å². The minimum absolute atomic E-state index is 0.0332. The van der Waals surface area contributed by atoms with E-state index in [0.717, 1.165) is 25.9 Å². The van der Waals surface area contributed by atoms with E-state index in [4.69, 9.17) is 9.47 Å². The number of piperidine rings is 1. The lowest BCUT2D eigenvalue weighted by molar-refractivity contribution is -0.121. The van der Waals surface area contributed by atoms with Crippen LogP contribution in [0.2, 0.25) is 0 Å². The number of sulfonamides is 1. The summed E-state index contributed by atoms with van der Waals surface area (Å²) in [4.78, 5) is 11.9. The van der Waals surface area contributed by atoms with Gasteiger partial charge in [-0.1, -0.05) is 0 Å². The molecule has 0 radical (unpaired) electrons. The standard InChI is InChI=1S/C17H27N3O5S/c1-24-15-6-5-14(10-16(15)25-2)26(22,23)20-9-7-17(21)19-12-13-4-3-8-18-11-13/h5-6,10,13,18,20H,3-4,7-9,11-12H2,1-2H3,(H,19,21). The number of carbonyl (C=O) groups is 1. The van der Waals surface area contributed by atoms with Gasteiger partial charge < -0.3 is 20.1 Å². The normalized spacial score (nSPS) is 17.5. The fourth-order valence-corrected chi connectivity index (χ4v) is 3.86. The molecule has 0 aromatic heterocycles. The van der Waals surface area contributed by atoms with Gasteiger partial charge in [0, 0.05) is 25.6 Å². The molecule has 8 nitrogen and oxygen atoms in total. The van der Waals surface area contributed by atoms with Crippen LogP contribution >= 0.6 is 0 Å². The molecule has 0 saturated carbocycles. The monoisotopic (exact) mass is 385 g/mol. The number of amides is 1. The first-order valence-corrected chi connectivity index (χ1v) is 10.1. The van der Waals surface area contributed by atoms with Gasteiger partial charge in [0.25, 0.3) is 0 Å². The predicted octanol–water partition coefficient (Wildman–Crippen LogP) is 0.488. The van der Waals surface area contributed by atoms with Gasteiger partial charge in [-0.3, -0.25) is 4.79 Å². The van der Waals surface area contributed by atoms with Crippen molar-refractivity contribution in [3.63, 3.8) is 0 Å². The third-order valence-electron chi connectivity index (χ3n) is 4.30. The molecule has 9 heteroatoms. The first kappa shape index (κ1) is 20.5. The summed E-state index contributed by atoms with van der Waals surface area (Å²) in [6.45, 7) is 2.59. The summed E-state index contributed by atoms with van der Waals surface area (Å²) in [5.41, 5.74) is 0. The zero-order valence-electron chi connectivity index (χ0n) is 15.2. The highest BCUT2D eigenvalue weighted by atomic mass is 32.2. The highest BCUT2D eigenvalue weighted by Gasteiger charge is 2.18. The molecule has 1 amide bonds. The Morgan fingerprint density at radius 2 is 2.04 bits per heavy atom. The molecule has 1 heterocycles. The number of methoxy groups -OCH3 is 2. The number of hydrogen-bond acceptors (Lipinski definition) is 6. The molecule has 2 rings (SSSR count). The average Bonchev–Trinajstić information content (AvgIpc) is 2.66. The first-order chi connectivity index (χ1) is 12.5. The van der Waals surface area contributed by atoms with Crippen LogP contribution in [0, 0.1) is 5.92 Å². The number of nitrogens with one attached hydrogen (secondary N) is 3. The molecule has 1 aromatic carbocycles. The smallest absolute Gasteiger partial charge is 0.240 e. The van der Waals surface area contributed by atoms with Crippen molar-refractivity contribution in [2.24, 2.45) is 5.92 Å². The topological polar surface area (TPSA) is 106 Å². The minimum Gasteiger partial charge on any atom is -0.493 e. The van der Waals surface area contributed by atoms with Crippen LogP contribution in [-0.2, 0) is 14.8 Å². The second kappa shape index (κ2) is 9.75. The summed E-state index contributed by atoms with van der Waals surface area (Å²) in [6, 6.07) is 4.34. The Morgan fingerprint density at radius 1 is 1.27 bits per heavy atom. The Morgan fingerprint density at radius 3 is 2.69 bits per heavy atom. The van der Waals surface area contributed by atoms with Crippen molar-refractivity contribution in [1.82, 2.24) is 15.4 Å². The van der Waals surface area contributed by atoms with E-state index in [1.54, 1.807) is 0 Å². The summed E-state index contributed by atoms with van der Waals surface area (Å²) in [6.07, 6.45) is 2.30. The van der Waals surface area contributed by atoms with Crippen molar-refractivity contribution in [1.29, 1.82) is 0 Å². The zero-order chi connectivity index (χ0) is 19.0. The van der Waals surface area contributed by atoms with E-state index < -0.39 is 10.0 Å². The van der Waals surface area contributed by atoms with Crippen LogP contribution in [0.15, 0.2) is 23.1 Å². The van der Waals surface area contributed by atoms with E-state index in [2.05, 4.69) is 15.4 Å². The molecule has 0 aliphatic carbocycles. The van der Waals surface area contributed by atoms with Gasteiger partial charge in [-0.25, -0.2) is 13.1 Å². The van der Waals surface area contributed by atoms with Crippen LogP contribution in [0.4, 0.5) is 0 Å². The third-order valence-corrected chi connectivity index (χ3v) is 5.75. The van der Waals surface area contributed by atoms with Crippen molar-refractivity contribution in [3.05, 3.63) is 18.2 Å². The molecule has 1 aromatic rings. The Hall–Kier alpha value is -1.84. The van der Waals surface area contributed by atoms with Crippen molar-refractivity contribution in [2.75, 3.05) is 40.4 Å². The van der Waals surface area contributed by atoms with Crippen LogP contribution in [0.3, 0.4) is 0 Å². The minimum atomic E-state index is -3.72. The Labute approximate surface area is 154 Å². The fraction of sp³-hybridized carbons (Fsp3) is 0.588. The fourth-order valence-electron chi connectivity index (χ4n) is 2.81. The summed E-state index contributed by atoms with van der Waals surface area (Å²) in [5, 5.41) is 6.16. The molecule has 1 fully saturated rings. The Kier molecular flexibility index (Phi) is 7.67. The van der Waals surface area contributed by atoms with Crippen molar-refractivity contribution >= 4 is 15.9 Å². The van der Waals surface area contributed by atoms with Crippen LogP contribution in [0.25, 0.3) is 0 Å². The van der Waals surface area contributed by atoms with Gasteiger partial charge in [0.05, 0.1) is 19.1 Å². The number of carbonyl (C=O) groups excluding carboxylic acids is 1. The van der Waals surface area contributed by atoms with Gasteiger partial charge in [0.1, 0.15) is 0 Å². The van der Waals surface area contributed by atoms with Crippen molar-refractivity contribution in [2.45, 2.75) is 24.2 Å². The molecular formula is C17H27N3O5S. The summed E-state index contributed by atoms with van der Waals surface area (Å²) in [7, 11) is -0.808. The molecule has 146 valence electrons. The third kappa shape index (κ3) is 5.86. The SMILES string of the molecule is COc1ccc(S(=O)(=O)NCCC(=O)NCC2CCCNC2)cc1OC. The molecular weight excluding hydrogens is 358 g/mol. The van der Waals surface area contributed by atoms with E-state index >= 15 is 0 Å². The van der Waals surface area contributed by atoms with Crippen LogP contribution in [0.1, 0.15) is 19.3 Å². The number of rotatable bonds is 9. The molecule has 1 aliphatic rings. The second-order valence-corrected chi connectivity index (χ2v) is 7.95. The van der Waals surface area contributed by atoms with Crippen molar-refractivity contribution < 1.29 is 22.7 Å². The number of ether oxygens (including phenoxy) is 2. The lowest BCUT2D eigenvalue weighted by Gasteiger charge is -2.22. The Bertz CT molecular complexity index is 702. The lowest BCUT2D eigenvalue weighted by Crippen LogP contribution is -2.39. The molecule has 3 N–H and O–H groups in total. The molecule has 1 atom stereocenters. The van der Waals surface area contributed by atoms with Gasteiger partial charge >= 0.3 is 0 Å². The summed E-state index contributed by atoms with van der Waals surface area (Å²) >= 11 is 0. The summed E-state index contributed by atoms with van der Waals surface area (Å²) in [5.74, 6) is 1.05. The van der Waals surface area contributed by atoms with Gasteiger partial charge in [-0.15, -0.1) is 0 Å². The van der Waals surface area contributed by atoms with Crippen molar-refractivity contribution in [3.8, 4) is 11.5 Å². The van der Waals surface area contributed by atoms with Gasteiger partial charge in [0.2, 0.25) is 15.9 Å². The highest BCUT2D eigenvalue weighted by Crippen LogP contribution is 2.29. The first-order valence-electron chi connectivity index (χ1n) is 8.65. The number of hydrogen-bond donors (Lipinski definition) is 3. The van der Waals surface area contributed by atoms with Gasteiger partial charge in [-0.05, 0) is 44.0 Å². The molecule has 0 spiro atoms. The maximum absolute atomic E-state index is 12.3. The quantitative estimate of drug-likeness (QED) is 0.571. The number of benzene rings is 1. The molecule has 26 heavy (non-hydrogen) atoms. The maximum atomic E-state index is 12.3. The van der Waals surface area contributed by atoms with E-state index in [-0.39, 0.29) is 23.8 Å². The zero-order valence-corrected chi connectivity index (χ0v) is 16.0. The molecule has 1 aliphatic heterocycles. The van der Waals surface area contributed by atoms with Crippen LogP contribution in [0.5, 0.6) is 11.5 Å². The second-order valence-electron chi connectivity index (χ2n) is 6.18. The highest BCUT2D eigenvalue weighted by molar-refractivity contribution is 7.89. The van der Waals surface area contributed by atoms with Crippen LogP contribution in [-0.4, -0.2) is 54.7 Å². The molecule has 1 unspecified atom stereocenters. The van der Waals surface area contributed by atoms with E-state index in [0.29, 0.717) is 24.0 Å². The maximum Gasteiger partial charge on any atom is 0.240 e. The largest absolute Gasteiger partial charge is 0.493 e. The van der Waals surface area contributed by atoms with E-state index in [1.165, 1.54) is 32.4 Å². The van der Waals surface area contributed by atoms with E-state index in [9.17, 15) is 13.2 Å². The molecule has 1 saturated heterocycles. The Balaban J connectivity index is 1.81. The van der Waals surface area contributed by atoms with E-state index in [1.807, 2.05) is 0 Å². The molecule has 0 bridgehead atoms.